The molecule has 2 rings (SSSR count). The molecule has 2 heterocycles. The predicted molar refractivity (Wildman–Crippen MR) is 92.3 cm³/mol. The van der Waals surface area contributed by atoms with Crippen LogP contribution in [0.4, 0.5) is 11.8 Å². The van der Waals surface area contributed by atoms with Crippen LogP contribution in [-0.4, -0.2) is 39.8 Å². The van der Waals surface area contributed by atoms with Crippen LogP contribution in [0.5, 0.6) is 0 Å². The predicted octanol–water partition coefficient (Wildman–Crippen LogP) is 1.84. The Morgan fingerprint density at radius 3 is 2.74 bits per heavy atom. The first-order valence-corrected chi connectivity index (χ1v) is 8.00. The Labute approximate surface area is 137 Å². The number of aliphatic hydroxyl groups is 1. The molecule has 0 spiro atoms. The Balaban J connectivity index is 2.19. The second kappa shape index (κ2) is 8.43. The molecule has 6 heteroatoms. The van der Waals surface area contributed by atoms with Gasteiger partial charge in [-0.15, -0.1) is 0 Å². The number of nitrogens with two attached hydrogens (primary N) is 1. The summed E-state index contributed by atoms with van der Waals surface area (Å²) in [7, 11) is 1.95. The Morgan fingerprint density at radius 2 is 2.09 bits per heavy atom. The van der Waals surface area contributed by atoms with Crippen molar-refractivity contribution in [2.45, 2.75) is 38.6 Å². The zero-order valence-corrected chi connectivity index (χ0v) is 13.8. The van der Waals surface area contributed by atoms with Crippen LogP contribution in [0.15, 0.2) is 30.6 Å². The molecule has 0 radical (unpaired) electrons. The van der Waals surface area contributed by atoms with Gasteiger partial charge in [0.15, 0.2) is 0 Å². The molecule has 0 amide bonds. The van der Waals surface area contributed by atoms with E-state index in [1.807, 2.05) is 30.1 Å². The number of hydrogen-bond donors (Lipinski definition) is 2. The highest BCUT2D eigenvalue weighted by atomic mass is 16.3. The molecule has 0 saturated heterocycles. The SMILES string of the molecule is CCCC(CO)N(C)c1nc(N)ncc1CCc1ccccn1. The van der Waals surface area contributed by atoms with Gasteiger partial charge in [-0.3, -0.25) is 4.98 Å². The van der Waals surface area contributed by atoms with E-state index in [2.05, 4.69) is 21.9 Å². The molecule has 0 aromatic carbocycles. The van der Waals surface area contributed by atoms with E-state index in [1.165, 1.54) is 0 Å². The van der Waals surface area contributed by atoms with E-state index in [0.717, 1.165) is 42.8 Å². The number of rotatable bonds is 8. The third-order valence-electron chi connectivity index (χ3n) is 3.95. The summed E-state index contributed by atoms with van der Waals surface area (Å²) in [6.07, 6.45) is 7.06. The molecule has 2 aromatic rings. The first kappa shape index (κ1) is 17.1. The van der Waals surface area contributed by atoms with Crippen molar-refractivity contribution in [1.82, 2.24) is 15.0 Å². The average molecular weight is 315 g/mol. The lowest BCUT2D eigenvalue weighted by Gasteiger charge is -2.29. The van der Waals surface area contributed by atoms with Gasteiger partial charge in [0.05, 0.1) is 12.6 Å². The molecular weight excluding hydrogens is 290 g/mol. The maximum atomic E-state index is 9.63. The standard InChI is InChI=1S/C17H25N5O/c1-3-6-15(12-23)22(2)16-13(11-20-17(18)21-16)8-9-14-7-4-5-10-19-14/h4-5,7,10-11,15,23H,3,6,8-9,12H2,1-2H3,(H2,18,20,21). The molecule has 0 aliphatic rings. The van der Waals surface area contributed by atoms with E-state index in [1.54, 1.807) is 12.4 Å². The third-order valence-corrected chi connectivity index (χ3v) is 3.95. The Morgan fingerprint density at radius 1 is 1.26 bits per heavy atom. The first-order valence-electron chi connectivity index (χ1n) is 8.00. The number of aromatic nitrogens is 3. The minimum Gasteiger partial charge on any atom is -0.394 e. The maximum absolute atomic E-state index is 9.63. The highest BCUT2D eigenvalue weighted by molar-refractivity contribution is 5.49. The minimum atomic E-state index is 0.0305. The minimum absolute atomic E-state index is 0.0305. The number of likely N-dealkylation sites (N-methyl/N-ethyl adjacent to an activating group) is 1. The second-order valence-corrected chi connectivity index (χ2v) is 5.63. The van der Waals surface area contributed by atoms with Crippen LogP contribution in [0.25, 0.3) is 0 Å². The summed E-state index contributed by atoms with van der Waals surface area (Å²) in [5.41, 5.74) is 7.81. The van der Waals surface area contributed by atoms with Gasteiger partial charge in [-0.1, -0.05) is 19.4 Å². The van der Waals surface area contributed by atoms with E-state index in [0.29, 0.717) is 0 Å². The summed E-state index contributed by atoms with van der Waals surface area (Å²) in [6.45, 7) is 2.20. The van der Waals surface area contributed by atoms with Crippen molar-refractivity contribution in [3.8, 4) is 0 Å². The lowest BCUT2D eigenvalue weighted by Crippen LogP contribution is -2.36. The van der Waals surface area contributed by atoms with Gasteiger partial charge in [-0.25, -0.2) is 4.98 Å². The van der Waals surface area contributed by atoms with Crippen molar-refractivity contribution in [3.05, 3.63) is 41.9 Å². The van der Waals surface area contributed by atoms with Crippen LogP contribution in [-0.2, 0) is 12.8 Å². The number of pyridine rings is 1. The third kappa shape index (κ3) is 4.63. The van der Waals surface area contributed by atoms with Crippen molar-refractivity contribution in [1.29, 1.82) is 0 Å². The van der Waals surface area contributed by atoms with Gasteiger partial charge in [-0.05, 0) is 31.4 Å². The fourth-order valence-corrected chi connectivity index (χ4v) is 2.62. The normalized spacial score (nSPS) is 12.1. The molecule has 1 unspecified atom stereocenters. The van der Waals surface area contributed by atoms with Crippen molar-refractivity contribution < 1.29 is 5.11 Å². The fourth-order valence-electron chi connectivity index (χ4n) is 2.62. The average Bonchev–Trinajstić information content (AvgIpc) is 2.59. The van der Waals surface area contributed by atoms with Crippen LogP contribution in [0, 0.1) is 0 Å². The topological polar surface area (TPSA) is 88.2 Å². The van der Waals surface area contributed by atoms with E-state index in [4.69, 9.17) is 5.73 Å². The first-order chi connectivity index (χ1) is 11.2. The van der Waals surface area contributed by atoms with Gasteiger partial charge in [0, 0.05) is 30.7 Å². The second-order valence-electron chi connectivity index (χ2n) is 5.63. The van der Waals surface area contributed by atoms with E-state index >= 15 is 0 Å². The zero-order valence-electron chi connectivity index (χ0n) is 13.8. The molecule has 0 aliphatic heterocycles. The van der Waals surface area contributed by atoms with Gasteiger partial charge in [-0.2, -0.15) is 4.98 Å². The van der Waals surface area contributed by atoms with Crippen LogP contribution >= 0.6 is 0 Å². The molecular formula is C17H25N5O. The van der Waals surface area contributed by atoms with Crippen molar-refractivity contribution in [2.24, 2.45) is 0 Å². The number of aliphatic hydroxyl groups excluding tert-OH is 1. The summed E-state index contributed by atoms with van der Waals surface area (Å²) >= 11 is 0. The smallest absolute Gasteiger partial charge is 0.221 e. The van der Waals surface area contributed by atoms with E-state index in [9.17, 15) is 5.11 Å². The molecule has 23 heavy (non-hydrogen) atoms. The molecule has 1 atom stereocenters. The molecule has 0 bridgehead atoms. The number of aryl methyl sites for hydroxylation is 2. The summed E-state index contributed by atoms with van der Waals surface area (Å²) in [5.74, 6) is 1.04. The van der Waals surface area contributed by atoms with Gasteiger partial charge in [0.2, 0.25) is 5.95 Å². The summed E-state index contributed by atoms with van der Waals surface area (Å²) < 4.78 is 0. The Hall–Kier alpha value is -2.21. The number of hydrogen-bond acceptors (Lipinski definition) is 6. The molecule has 2 aromatic heterocycles. The lowest BCUT2D eigenvalue weighted by atomic mass is 10.1. The fraction of sp³-hybridized carbons (Fsp3) is 0.471. The Bertz CT molecular complexity index is 605. The molecule has 3 N–H and O–H groups in total. The summed E-state index contributed by atoms with van der Waals surface area (Å²) in [6, 6.07) is 5.93. The van der Waals surface area contributed by atoms with Crippen LogP contribution in [0.1, 0.15) is 31.0 Å². The Kier molecular flexibility index (Phi) is 6.29. The number of anilines is 2. The summed E-state index contributed by atoms with van der Waals surface area (Å²) in [4.78, 5) is 14.9. The highest BCUT2D eigenvalue weighted by Gasteiger charge is 2.18. The van der Waals surface area contributed by atoms with Crippen molar-refractivity contribution in [2.75, 3.05) is 24.3 Å². The number of nitrogens with zero attached hydrogens (tertiary/aromatic N) is 4. The molecule has 6 nitrogen and oxygen atoms in total. The number of nitrogen functional groups attached to an aromatic ring is 1. The monoisotopic (exact) mass is 315 g/mol. The summed E-state index contributed by atoms with van der Waals surface area (Å²) in [5, 5.41) is 9.63. The lowest BCUT2D eigenvalue weighted by molar-refractivity contribution is 0.255. The maximum Gasteiger partial charge on any atom is 0.221 e. The van der Waals surface area contributed by atoms with Crippen molar-refractivity contribution >= 4 is 11.8 Å². The van der Waals surface area contributed by atoms with Crippen LogP contribution in [0.2, 0.25) is 0 Å². The van der Waals surface area contributed by atoms with Crippen LogP contribution < -0.4 is 10.6 Å². The van der Waals surface area contributed by atoms with Gasteiger partial charge < -0.3 is 15.7 Å². The molecule has 0 fully saturated rings. The highest BCUT2D eigenvalue weighted by Crippen LogP contribution is 2.22. The van der Waals surface area contributed by atoms with E-state index in [-0.39, 0.29) is 18.6 Å². The largest absolute Gasteiger partial charge is 0.394 e. The van der Waals surface area contributed by atoms with Gasteiger partial charge in [0.25, 0.3) is 0 Å². The van der Waals surface area contributed by atoms with Gasteiger partial charge >= 0.3 is 0 Å². The van der Waals surface area contributed by atoms with Gasteiger partial charge in [0.1, 0.15) is 5.82 Å². The zero-order chi connectivity index (χ0) is 16.7. The van der Waals surface area contributed by atoms with E-state index < -0.39 is 0 Å². The van der Waals surface area contributed by atoms with Crippen molar-refractivity contribution in [3.63, 3.8) is 0 Å². The molecule has 0 saturated carbocycles. The molecule has 0 aliphatic carbocycles. The molecule has 124 valence electrons. The van der Waals surface area contributed by atoms with Crippen LogP contribution in [0.3, 0.4) is 0 Å². The quantitative estimate of drug-likeness (QED) is 0.773.